The van der Waals surface area contributed by atoms with Gasteiger partial charge in [-0.1, -0.05) is 6.07 Å². The summed E-state index contributed by atoms with van der Waals surface area (Å²) in [6.45, 7) is 2.67. The summed E-state index contributed by atoms with van der Waals surface area (Å²) in [6, 6.07) is 6.07. The molecule has 4 nitrogen and oxygen atoms in total. The molecule has 1 unspecified atom stereocenters. The van der Waals surface area contributed by atoms with Crippen LogP contribution in [0.4, 0.5) is 0 Å². The van der Waals surface area contributed by atoms with Crippen LogP contribution >= 0.6 is 11.3 Å². The molecule has 0 saturated heterocycles. The van der Waals surface area contributed by atoms with E-state index < -0.39 is 0 Å². The lowest BCUT2D eigenvalue weighted by molar-refractivity contribution is 0.0600. The molecule has 0 spiro atoms. The highest BCUT2D eigenvalue weighted by molar-refractivity contribution is 7.10. The first kappa shape index (κ1) is 12.9. The molecule has 0 aliphatic carbocycles. The highest BCUT2D eigenvalue weighted by Gasteiger charge is 2.11. The van der Waals surface area contributed by atoms with E-state index in [2.05, 4.69) is 28.4 Å². The molecule has 1 atom stereocenters. The second kappa shape index (κ2) is 5.84. The van der Waals surface area contributed by atoms with Gasteiger partial charge in [-0.2, -0.15) is 0 Å². The van der Waals surface area contributed by atoms with Crippen molar-refractivity contribution in [3.8, 4) is 0 Å². The van der Waals surface area contributed by atoms with Gasteiger partial charge in [0.05, 0.1) is 19.2 Å². The fourth-order valence-electron chi connectivity index (χ4n) is 1.59. The van der Waals surface area contributed by atoms with E-state index >= 15 is 0 Å². The Bertz CT molecular complexity index is 504. The minimum absolute atomic E-state index is 0.261. The number of hydrogen-bond acceptors (Lipinski definition) is 5. The molecular formula is C13H15NO3S. The molecule has 2 rings (SSSR count). The Labute approximate surface area is 110 Å². The second-order valence-electron chi connectivity index (χ2n) is 3.91. The van der Waals surface area contributed by atoms with Crippen LogP contribution in [0.25, 0.3) is 0 Å². The normalized spacial score (nSPS) is 12.3. The SMILES string of the molecule is COC(=O)c1coc(CNC(C)c2cccs2)c1. The van der Waals surface area contributed by atoms with Crippen LogP contribution in [0.3, 0.4) is 0 Å². The molecule has 5 heteroatoms. The van der Waals surface area contributed by atoms with Crippen molar-refractivity contribution < 1.29 is 13.9 Å². The van der Waals surface area contributed by atoms with E-state index in [0.29, 0.717) is 12.1 Å². The third kappa shape index (κ3) is 3.00. The molecule has 0 aliphatic rings. The van der Waals surface area contributed by atoms with Gasteiger partial charge >= 0.3 is 5.97 Å². The van der Waals surface area contributed by atoms with E-state index in [1.54, 1.807) is 17.4 Å². The number of esters is 1. The molecule has 0 bridgehead atoms. The zero-order valence-corrected chi connectivity index (χ0v) is 11.1. The van der Waals surface area contributed by atoms with E-state index in [4.69, 9.17) is 4.42 Å². The zero-order chi connectivity index (χ0) is 13.0. The number of ether oxygens (including phenoxy) is 1. The van der Waals surface area contributed by atoms with Crippen LogP contribution < -0.4 is 5.32 Å². The van der Waals surface area contributed by atoms with Gasteiger partial charge in [0.2, 0.25) is 0 Å². The van der Waals surface area contributed by atoms with Gasteiger partial charge in [0.25, 0.3) is 0 Å². The first-order valence-corrected chi connectivity index (χ1v) is 6.51. The summed E-state index contributed by atoms with van der Waals surface area (Å²) < 4.78 is 9.91. The third-order valence-corrected chi connectivity index (χ3v) is 3.68. The van der Waals surface area contributed by atoms with Gasteiger partial charge in [-0.05, 0) is 24.4 Å². The summed E-state index contributed by atoms with van der Waals surface area (Å²) in [4.78, 5) is 12.5. The first-order valence-electron chi connectivity index (χ1n) is 5.63. The van der Waals surface area contributed by atoms with Crippen molar-refractivity contribution in [2.45, 2.75) is 19.5 Å². The molecule has 2 aromatic rings. The molecule has 1 N–H and O–H groups in total. The lowest BCUT2D eigenvalue weighted by Gasteiger charge is -2.10. The monoisotopic (exact) mass is 265 g/mol. The van der Waals surface area contributed by atoms with Crippen LogP contribution in [-0.2, 0) is 11.3 Å². The maximum absolute atomic E-state index is 11.3. The molecular weight excluding hydrogens is 250 g/mol. The van der Waals surface area contributed by atoms with E-state index in [9.17, 15) is 4.79 Å². The van der Waals surface area contributed by atoms with E-state index in [-0.39, 0.29) is 12.0 Å². The van der Waals surface area contributed by atoms with Crippen molar-refractivity contribution in [2.24, 2.45) is 0 Å². The Balaban J connectivity index is 1.90. The Hall–Kier alpha value is -1.59. The maximum atomic E-state index is 11.3. The minimum atomic E-state index is -0.378. The van der Waals surface area contributed by atoms with E-state index in [0.717, 1.165) is 5.76 Å². The Morgan fingerprint density at radius 3 is 3.11 bits per heavy atom. The van der Waals surface area contributed by atoms with Crippen LogP contribution in [-0.4, -0.2) is 13.1 Å². The standard InChI is InChI=1S/C13H15NO3S/c1-9(12-4-3-5-18-12)14-7-11-6-10(8-17-11)13(15)16-2/h3-6,8-9,14H,7H2,1-2H3. The van der Waals surface area contributed by atoms with Crippen molar-refractivity contribution in [3.05, 3.63) is 46.0 Å². The molecule has 0 fully saturated rings. The van der Waals surface area contributed by atoms with E-state index in [1.165, 1.54) is 18.3 Å². The van der Waals surface area contributed by atoms with Crippen molar-refractivity contribution in [1.29, 1.82) is 0 Å². The third-order valence-electron chi connectivity index (χ3n) is 2.63. The molecule has 0 aromatic carbocycles. The molecule has 0 radical (unpaired) electrons. The van der Waals surface area contributed by atoms with Crippen LogP contribution in [0.2, 0.25) is 0 Å². The van der Waals surface area contributed by atoms with Crippen molar-refractivity contribution in [3.63, 3.8) is 0 Å². The van der Waals surface area contributed by atoms with Gasteiger partial charge in [0.15, 0.2) is 0 Å². The number of nitrogens with one attached hydrogen (secondary N) is 1. The quantitative estimate of drug-likeness (QED) is 0.844. The summed E-state index contributed by atoms with van der Waals surface area (Å²) in [5, 5.41) is 5.39. The van der Waals surface area contributed by atoms with Gasteiger partial charge in [-0.15, -0.1) is 11.3 Å². The van der Waals surface area contributed by atoms with Crippen molar-refractivity contribution >= 4 is 17.3 Å². The molecule has 2 heterocycles. The summed E-state index contributed by atoms with van der Waals surface area (Å²) in [6.07, 6.45) is 1.42. The van der Waals surface area contributed by atoms with Crippen LogP contribution in [0, 0.1) is 0 Å². The predicted molar refractivity (Wildman–Crippen MR) is 69.6 cm³/mol. The molecule has 96 valence electrons. The summed E-state index contributed by atoms with van der Waals surface area (Å²) in [7, 11) is 1.35. The van der Waals surface area contributed by atoms with Gasteiger partial charge < -0.3 is 14.5 Å². The van der Waals surface area contributed by atoms with Crippen LogP contribution in [0.5, 0.6) is 0 Å². The summed E-state index contributed by atoms with van der Waals surface area (Å²) in [5.74, 6) is 0.343. The summed E-state index contributed by atoms with van der Waals surface area (Å²) in [5.41, 5.74) is 0.443. The highest BCUT2D eigenvalue weighted by atomic mass is 32.1. The minimum Gasteiger partial charge on any atom is -0.467 e. The molecule has 0 saturated carbocycles. The fourth-order valence-corrected chi connectivity index (χ4v) is 2.35. The lowest BCUT2D eigenvalue weighted by atomic mass is 10.2. The number of carbonyl (C=O) groups is 1. The Morgan fingerprint density at radius 2 is 2.44 bits per heavy atom. The lowest BCUT2D eigenvalue weighted by Crippen LogP contribution is -2.16. The molecule has 18 heavy (non-hydrogen) atoms. The number of furan rings is 1. The van der Waals surface area contributed by atoms with Crippen LogP contribution in [0.15, 0.2) is 34.3 Å². The molecule has 0 amide bonds. The smallest absolute Gasteiger partial charge is 0.341 e. The highest BCUT2D eigenvalue weighted by Crippen LogP contribution is 2.19. The van der Waals surface area contributed by atoms with Gasteiger partial charge in [0, 0.05) is 10.9 Å². The average Bonchev–Trinajstić information content (AvgIpc) is 3.05. The van der Waals surface area contributed by atoms with Crippen molar-refractivity contribution in [2.75, 3.05) is 7.11 Å². The number of hydrogen-bond donors (Lipinski definition) is 1. The van der Waals surface area contributed by atoms with Gasteiger partial charge in [-0.3, -0.25) is 0 Å². The first-order chi connectivity index (χ1) is 8.70. The van der Waals surface area contributed by atoms with Gasteiger partial charge in [0.1, 0.15) is 12.0 Å². The summed E-state index contributed by atoms with van der Waals surface area (Å²) >= 11 is 1.71. The molecule has 0 aliphatic heterocycles. The maximum Gasteiger partial charge on any atom is 0.341 e. The number of thiophene rings is 1. The zero-order valence-electron chi connectivity index (χ0n) is 10.3. The van der Waals surface area contributed by atoms with Crippen LogP contribution in [0.1, 0.15) is 34.0 Å². The number of methoxy groups -OCH3 is 1. The Morgan fingerprint density at radius 1 is 1.61 bits per heavy atom. The predicted octanol–water partition coefficient (Wildman–Crippen LogP) is 2.98. The second-order valence-corrected chi connectivity index (χ2v) is 4.89. The topological polar surface area (TPSA) is 51.5 Å². The number of rotatable bonds is 5. The van der Waals surface area contributed by atoms with Gasteiger partial charge in [-0.25, -0.2) is 4.79 Å². The average molecular weight is 265 g/mol. The largest absolute Gasteiger partial charge is 0.467 e. The number of carbonyl (C=O) groups excluding carboxylic acids is 1. The Kier molecular flexibility index (Phi) is 4.17. The molecule has 2 aromatic heterocycles. The fraction of sp³-hybridized carbons (Fsp3) is 0.308. The van der Waals surface area contributed by atoms with Crippen molar-refractivity contribution in [1.82, 2.24) is 5.32 Å². The van der Waals surface area contributed by atoms with E-state index in [1.807, 2.05) is 6.07 Å².